The molecule has 1 fully saturated rings. The van der Waals surface area contributed by atoms with E-state index in [0.29, 0.717) is 17.4 Å². The van der Waals surface area contributed by atoms with Gasteiger partial charge in [-0.05, 0) is 73.4 Å². The van der Waals surface area contributed by atoms with Gasteiger partial charge in [-0.1, -0.05) is 25.3 Å². The highest BCUT2D eigenvalue weighted by molar-refractivity contribution is 5.92. The third-order valence-electron chi connectivity index (χ3n) is 6.11. The van der Waals surface area contributed by atoms with Crippen molar-refractivity contribution in [3.63, 3.8) is 0 Å². The van der Waals surface area contributed by atoms with Gasteiger partial charge in [0, 0.05) is 18.8 Å². The molecule has 1 unspecified atom stereocenters. The van der Waals surface area contributed by atoms with Gasteiger partial charge in [0.05, 0.1) is 5.56 Å². The van der Waals surface area contributed by atoms with Crippen LogP contribution in [0.5, 0.6) is 11.6 Å². The highest BCUT2D eigenvalue weighted by Gasteiger charge is 2.23. The summed E-state index contributed by atoms with van der Waals surface area (Å²) in [5.74, 6) is 2.24. The molecule has 1 aromatic heterocycles. The lowest BCUT2D eigenvalue weighted by Crippen LogP contribution is -2.27. The Balaban J connectivity index is 1.33. The van der Waals surface area contributed by atoms with E-state index in [2.05, 4.69) is 22.4 Å². The SMILES string of the molecule is NC(=O)c1ccc(Oc2ccc3c(c2)CCC3CNCC2CCCCC2)nc1. The Hall–Kier alpha value is -2.40. The third-order valence-corrected chi connectivity index (χ3v) is 6.11. The van der Waals surface area contributed by atoms with Gasteiger partial charge in [0.2, 0.25) is 11.8 Å². The van der Waals surface area contributed by atoms with Crippen LogP contribution in [0.3, 0.4) is 0 Å². The zero-order valence-electron chi connectivity index (χ0n) is 16.3. The fourth-order valence-electron chi connectivity index (χ4n) is 4.52. The summed E-state index contributed by atoms with van der Waals surface area (Å²) in [5, 5.41) is 3.73. The fraction of sp³-hybridized carbons (Fsp3) is 0.478. The Morgan fingerprint density at radius 3 is 2.71 bits per heavy atom. The lowest BCUT2D eigenvalue weighted by atomic mass is 9.89. The standard InChI is InChI=1S/C23H29N3O2/c24-23(27)19-8-11-22(26-15-19)28-20-9-10-21-17(12-20)6-7-18(21)14-25-13-16-4-2-1-3-5-16/h8-12,15-16,18,25H,1-7,13-14H2,(H2,24,27). The molecule has 0 spiro atoms. The van der Waals surface area contributed by atoms with E-state index in [4.69, 9.17) is 10.5 Å². The van der Waals surface area contributed by atoms with Crippen LogP contribution in [0.2, 0.25) is 0 Å². The Kier molecular flexibility index (Phi) is 5.91. The second-order valence-corrected chi connectivity index (χ2v) is 8.11. The lowest BCUT2D eigenvalue weighted by molar-refractivity contribution is 0.1000. The number of carbonyl (C=O) groups excluding carboxylic acids is 1. The zero-order valence-corrected chi connectivity index (χ0v) is 16.3. The second-order valence-electron chi connectivity index (χ2n) is 8.11. The Bertz CT molecular complexity index is 813. The molecule has 5 nitrogen and oxygen atoms in total. The second kappa shape index (κ2) is 8.74. The van der Waals surface area contributed by atoms with Crippen LogP contribution in [-0.4, -0.2) is 24.0 Å². The highest BCUT2D eigenvalue weighted by atomic mass is 16.5. The molecule has 28 heavy (non-hydrogen) atoms. The summed E-state index contributed by atoms with van der Waals surface area (Å²) >= 11 is 0. The number of nitrogens with one attached hydrogen (secondary N) is 1. The van der Waals surface area contributed by atoms with E-state index in [1.165, 1.54) is 62.4 Å². The maximum absolute atomic E-state index is 11.1. The van der Waals surface area contributed by atoms with E-state index in [1.807, 2.05) is 6.07 Å². The van der Waals surface area contributed by atoms with Crippen LogP contribution in [0.1, 0.15) is 65.9 Å². The number of hydrogen-bond donors (Lipinski definition) is 2. The van der Waals surface area contributed by atoms with E-state index in [0.717, 1.165) is 24.6 Å². The first-order chi connectivity index (χ1) is 13.7. The molecule has 1 amide bonds. The predicted octanol–water partition coefficient (Wildman–Crippen LogP) is 4.17. The zero-order chi connectivity index (χ0) is 19.3. The van der Waals surface area contributed by atoms with Crippen LogP contribution in [0.15, 0.2) is 36.5 Å². The molecule has 1 saturated carbocycles. The molecule has 1 atom stereocenters. The van der Waals surface area contributed by atoms with Gasteiger partial charge in [-0.25, -0.2) is 4.98 Å². The van der Waals surface area contributed by atoms with E-state index in [1.54, 1.807) is 12.1 Å². The van der Waals surface area contributed by atoms with Crippen LogP contribution in [0, 0.1) is 5.92 Å². The number of amides is 1. The Morgan fingerprint density at radius 1 is 1.11 bits per heavy atom. The van der Waals surface area contributed by atoms with Gasteiger partial charge in [0.25, 0.3) is 0 Å². The lowest BCUT2D eigenvalue weighted by Gasteiger charge is -2.23. The normalized spacial score (nSPS) is 19.4. The Morgan fingerprint density at radius 2 is 1.96 bits per heavy atom. The summed E-state index contributed by atoms with van der Waals surface area (Å²) in [6.07, 6.45) is 10.7. The van der Waals surface area contributed by atoms with Gasteiger partial charge in [0.1, 0.15) is 5.75 Å². The van der Waals surface area contributed by atoms with E-state index < -0.39 is 5.91 Å². The van der Waals surface area contributed by atoms with Crippen molar-refractivity contribution in [1.29, 1.82) is 0 Å². The van der Waals surface area contributed by atoms with Gasteiger partial charge in [-0.2, -0.15) is 0 Å². The number of nitrogens with zero attached hydrogens (tertiary/aromatic N) is 1. The molecule has 5 heteroatoms. The summed E-state index contributed by atoms with van der Waals surface area (Å²) in [6, 6.07) is 9.64. The van der Waals surface area contributed by atoms with Crippen molar-refractivity contribution in [3.05, 3.63) is 53.2 Å². The number of pyridine rings is 1. The monoisotopic (exact) mass is 379 g/mol. The van der Waals surface area contributed by atoms with E-state index in [-0.39, 0.29) is 0 Å². The molecule has 3 N–H and O–H groups in total. The number of rotatable bonds is 7. The minimum atomic E-state index is -0.486. The molecule has 2 aliphatic carbocycles. The minimum Gasteiger partial charge on any atom is -0.439 e. The molecular formula is C23H29N3O2. The van der Waals surface area contributed by atoms with Crippen LogP contribution in [-0.2, 0) is 6.42 Å². The van der Waals surface area contributed by atoms with Crippen molar-refractivity contribution < 1.29 is 9.53 Å². The van der Waals surface area contributed by atoms with Crippen molar-refractivity contribution in [1.82, 2.24) is 10.3 Å². The first-order valence-electron chi connectivity index (χ1n) is 10.5. The van der Waals surface area contributed by atoms with Crippen molar-refractivity contribution in [2.24, 2.45) is 11.7 Å². The summed E-state index contributed by atoms with van der Waals surface area (Å²) in [5.41, 5.74) is 8.44. The number of benzene rings is 1. The van der Waals surface area contributed by atoms with Crippen LogP contribution in [0.25, 0.3) is 0 Å². The van der Waals surface area contributed by atoms with Gasteiger partial charge >= 0.3 is 0 Å². The molecular weight excluding hydrogens is 350 g/mol. The number of hydrogen-bond acceptors (Lipinski definition) is 4. The minimum absolute atomic E-state index is 0.380. The topological polar surface area (TPSA) is 77.2 Å². The molecule has 4 rings (SSSR count). The van der Waals surface area contributed by atoms with Gasteiger partial charge < -0.3 is 15.8 Å². The van der Waals surface area contributed by atoms with Crippen LogP contribution >= 0.6 is 0 Å². The van der Waals surface area contributed by atoms with E-state index >= 15 is 0 Å². The molecule has 0 bridgehead atoms. The van der Waals surface area contributed by atoms with Crippen molar-refractivity contribution in [3.8, 4) is 11.6 Å². The predicted molar refractivity (Wildman–Crippen MR) is 110 cm³/mol. The molecule has 148 valence electrons. The first-order valence-corrected chi connectivity index (χ1v) is 10.5. The summed E-state index contributed by atoms with van der Waals surface area (Å²) in [7, 11) is 0. The van der Waals surface area contributed by atoms with Crippen LogP contribution < -0.4 is 15.8 Å². The molecule has 0 saturated heterocycles. The average molecular weight is 380 g/mol. The molecule has 0 aliphatic heterocycles. The highest BCUT2D eigenvalue weighted by Crippen LogP contribution is 2.36. The first kappa shape index (κ1) is 18.9. The van der Waals surface area contributed by atoms with Gasteiger partial charge in [-0.3, -0.25) is 4.79 Å². The van der Waals surface area contributed by atoms with E-state index in [9.17, 15) is 4.79 Å². The maximum Gasteiger partial charge on any atom is 0.250 e. The molecule has 1 heterocycles. The van der Waals surface area contributed by atoms with Crippen molar-refractivity contribution in [2.45, 2.75) is 50.9 Å². The maximum atomic E-state index is 11.1. The number of carbonyl (C=O) groups is 1. The molecule has 2 aromatic rings. The molecule has 2 aliphatic rings. The van der Waals surface area contributed by atoms with Crippen LogP contribution in [0.4, 0.5) is 0 Å². The summed E-state index contributed by atoms with van der Waals surface area (Å²) < 4.78 is 5.86. The number of ether oxygens (including phenoxy) is 1. The number of aromatic nitrogens is 1. The molecule has 1 aromatic carbocycles. The average Bonchev–Trinajstić information content (AvgIpc) is 3.11. The largest absolute Gasteiger partial charge is 0.439 e. The van der Waals surface area contributed by atoms with Gasteiger partial charge in [-0.15, -0.1) is 0 Å². The van der Waals surface area contributed by atoms with Gasteiger partial charge in [0.15, 0.2) is 0 Å². The fourth-order valence-corrected chi connectivity index (χ4v) is 4.52. The molecule has 0 radical (unpaired) electrons. The number of primary amides is 1. The Labute approximate surface area is 166 Å². The summed E-state index contributed by atoms with van der Waals surface area (Å²) in [4.78, 5) is 15.3. The number of nitrogens with two attached hydrogens (primary N) is 1. The quantitative estimate of drug-likeness (QED) is 0.757. The summed E-state index contributed by atoms with van der Waals surface area (Å²) in [6.45, 7) is 2.24. The number of aryl methyl sites for hydroxylation is 1. The number of fused-ring (bicyclic) bond motifs is 1. The third kappa shape index (κ3) is 4.53. The van der Waals surface area contributed by atoms with Crippen molar-refractivity contribution in [2.75, 3.05) is 13.1 Å². The van der Waals surface area contributed by atoms with Crippen molar-refractivity contribution >= 4 is 5.91 Å². The smallest absolute Gasteiger partial charge is 0.250 e.